The number of aromatic amines is 1. The minimum atomic E-state index is 0.603. The topological polar surface area (TPSA) is 78.5 Å². The molecule has 0 amide bonds. The Labute approximate surface area is 134 Å². The first-order valence-corrected chi connectivity index (χ1v) is 8.30. The summed E-state index contributed by atoms with van der Waals surface area (Å²) in [6.45, 7) is 3.66. The van der Waals surface area contributed by atoms with Crippen molar-refractivity contribution in [2.45, 2.75) is 19.9 Å². The second kappa shape index (κ2) is 6.40. The summed E-state index contributed by atoms with van der Waals surface area (Å²) in [6, 6.07) is 4.13. The van der Waals surface area contributed by atoms with Crippen LogP contribution in [-0.2, 0) is 6.54 Å². The highest BCUT2D eigenvalue weighted by molar-refractivity contribution is 9.11. The van der Waals surface area contributed by atoms with E-state index in [1.54, 1.807) is 17.7 Å². The molecule has 3 aromatic rings. The number of rotatable bonds is 6. The third-order valence-electron chi connectivity index (χ3n) is 2.88. The zero-order valence-electron chi connectivity index (χ0n) is 11.5. The van der Waals surface area contributed by atoms with Crippen LogP contribution in [0.15, 0.2) is 22.2 Å². The summed E-state index contributed by atoms with van der Waals surface area (Å²) in [7, 11) is 0. The molecule has 0 aliphatic rings. The van der Waals surface area contributed by atoms with Gasteiger partial charge in [0.25, 0.3) is 0 Å². The lowest BCUT2D eigenvalue weighted by atomic mass is 10.4. The standard InChI is InChI=1S/C13H15BrN6S/c1-2-5-15-13-19-11(10-12(20-13)18-7-17-10)16-6-8-3-4-9(14)21-8/h3-4,7H,2,5-6H2,1H3,(H3,15,16,17,18,19,20). The van der Waals surface area contributed by atoms with Crippen LogP contribution in [0.4, 0.5) is 11.8 Å². The smallest absolute Gasteiger partial charge is 0.226 e. The minimum absolute atomic E-state index is 0.603. The molecule has 0 atom stereocenters. The van der Waals surface area contributed by atoms with Crippen molar-refractivity contribution >= 4 is 50.2 Å². The first-order chi connectivity index (χ1) is 10.3. The summed E-state index contributed by atoms with van der Waals surface area (Å²) < 4.78 is 1.12. The molecule has 3 heterocycles. The zero-order valence-corrected chi connectivity index (χ0v) is 13.9. The number of thiophene rings is 1. The van der Waals surface area contributed by atoms with E-state index in [1.807, 2.05) is 6.07 Å². The van der Waals surface area contributed by atoms with Gasteiger partial charge >= 0.3 is 0 Å². The van der Waals surface area contributed by atoms with Crippen LogP contribution in [-0.4, -0.2) is 26.5 Å². The lowest BCUT2D eigenvalue weighted by Crippen LogP contribution is -2.08. The molecule has 3 rings (SSSR count). The van der Waals surface area contributed by atoms with Gasteiger partial charge in [-0.1, -0.05) is 6.92 Å². The fourth-order valence-electron chi connectivity index (χ4n) is 1.89. The number of imidazole rings is 1. The molecule has 8 heteroatoms. The van der Waals surface area contributed by atoms with Crippen molar-refractivity contribution in [3.05, 3.63) is 27.1 Å². The summed E-state index contributed by atoms with van der Waals surface area (Å²) in [6.07, 6.45) is 2.66. The molecule has 0 aliphatic carbocycles. The van der Waals surface area contributed by atoms with Gasteiger partial charge in [-0.25, -0.2) is 4.98 Å². The van der Waals surface area contributed by atoms with Crippen molar-refractivity contribution < 1.29 is 0 Å². The maximum Gasteiger partial charge on any atom is 0.226 e. The molecule has 0 bridgehead atoms. The SMILES string of the molecule is CCCNc1nc(NCc2ccc(Br)s2)c2[nH]cnc2n1. The van der Waals surface area contributed by atoms with Crippen LogP contribution in [0.5, 0.6) is 0 Å². The van der Waals surface area contributed by atoms with Crippen molar-refractivity contribution in [3.63, 3.8) is 0 Å². The summed E-state index contributed by atoms with van der Waals surface area (Å²) in [5.74, 6) is 1.37. The molecule has 3 aromatic heterocycles. The van der Waals surface area contributed by atoms with Gasteiger partial charge in [-0.15, -0.1) is 11.3 Å². The van der Waals surface area contributed by atoms with Gasteiger partial charge in [-0.3, -0.25) is 0 Å². The van der Waals surface area contributed by atoms with E-state index in [-0.39, 0.29) is 0 Å². The monoisotopic (exact) mass is 366 g/mol. The van der Waals surface area contributed by atoms with E-state index in [1.165, 1.54) is 4.88 Å². The Morgan fingerprint density at radius 3 is 2.95 bits per heavy atom. The van der Waals surface area contributed by atoms with Crippen molar-refractivity contribution in [2.24, 2.45) is 0 Å². The summed E-state index contributed by atoms with van der Waals surface area (Å²) in [5, 5.41) is 6.55. The fraction of sp³-hybridized carbons (Fsp3) is 0.308. The molecule has 0 unspecified atom stereocenters. The first-order valence-electron chi connectivity index (χ1n) is 6.69. The Hall–Kier alpha value is -1.67. The van der Waals surface area contributed by atoms with E-state index in [0.29, 0.717) is 18.1 Å². The van der Waals surface area contributed by atoms with Gasteiger partial charge in [0.05, 0.1) is 16.7 Å². The first kappa shape index (κ1) is 14.3. The molecule has 6 nitrogen and oxygen atoms in total. The van der Waals surface area contributed by atoms with Crippen molar-refractivity contribution in [3.8, 4) is 0 Å². The van der Waals surface area contributed by atoms with Gasteiger partial charge in [0.15, 0.2) is 11.5 Å². The molecular weight excluding hydrogens is 352 g/mol. The van der Waals surface area contributed by atoms with Gasteiger partial charge in [-0.05, 0) is 34.5 Å². The normalized spacial score (nSPS) is 11.0. The number of hydrogen-bond donors (Lipinski definition) is 3. The fourth-order valence-corrected chi connectivity index (χ4v) is 3.32. The molecule has 0 radical (unpaired) electrons. The molecule has 0 saturated heterocycles. The van der Waals surface area contributed by atoms with Crippen molar-refractivity contribution in [1.82, 2.24) is 19.9 Å². The zero-order chi connectivity index (χ0) is 14.7. The number of nitrogens with zero attached hydrogens (tertiary/aromatic N) is 3. The molecule has 0 saturated carbocycles. The van der Waals surface area contributed by atoms with Crippen LogP contribution >= 0.6 is 27.3 Å². The number of fused-ring (bicyclic) bond motifs is 1. The van der Waals surface area contributed by atoms with Gasteiger partial charge in [0, 0.05) is 11.4 Å². The van der Waals surface area contributed by atoms with Gasteiger partial charge in [0.1, 0.15) is 5.52 Å². The van der Waals surface area contributed by atoms with Crippen LogP contribution in [0.25, 0.3) is 11.2 Å². The Kier molecular flexibility index (Phi) is 4.35. The van der Waals surface area contributed by atoms with Crippen LogP contribution < -0.4 is 10.6 Å². The van der Waals surface area contributed by atoms with Gasteiger partial charge in [-0.2, -0.15) is 9.97 Å². The molecule has 0 aromatic carbocycles. The highest BCUT2D eigenvalue weighted by Crippen LogP contribution is 2.24. The maximum absolute atomic E-state index is 4.52. The summed E-state index contributed by atoms with van der Waals surface area (Å²) >= 11 is 5.17. The predicted molar refractivity (Wildman–Crippen MR) is 89.8 cm³/mol. The lowest BCUT2D eigenvalue weighted by molar-refractivity contribution is 0.955. The highest BCUT2D eigenvalue weighted by atomic mass is 79.9. The van der Waals surface area contributed by atoms with E-state index >= 15 is 0 Å². The Morgan fingerprint density at radius 1 is 1.29 bits per heavy atom. The van der Waals surface area contributed by atoms with Crippen molar-refractivity contribution in [1.29, 1.82) is 0 Å². The molecular formula is C13H15BrN6S. The molecule has 110 valence electrons. The number of aromatic nitrogens is 4. The number of nitrogens with one attached hydrogen (secondary N) is 3. The third-order valence-corrected chi connectivity index (χ3v) is 4.50. The number of H-pyrrole nitrogens is 1. The second-order valence-electron chi connectivity index (χ2n) is 4.48. The third kappa shape index (κ3) is 3.33. The summed E-state index contributed by atoms with van der Waals surface area (Å²) in [5.41, 5.74) is 1.49. The molecule has 0 fully saturated rings. The molecule has 0 aliphatic heterocycles. The Balaban J connectivity index is 1.83. The molecule has 3 N–H and O–H groups in total. The highest BCUT2D eigenvalue weighted by Gasteiger charge is 2.10. The van der Waals surface area contributed by atoms with Crippen LogP contribution in [0.1, 0.15) is 18.2 Å². The van der Waals surface area contributed by atoms with E-state index in [9.17, 15) is 0 Å². The quantitative estimate of drug-likeness (QED) is 0.620. The van der Waals surface area contributed by atoms with E-state index in [0.717, 1.165) is 28.1 Å². The van der Waals surface area contributed by atoms with E-state index in [4.69, 9.17) is 0 Å². The Morgan fingerprint density at radius 2 is 2.19 bits per heavy atom. The minimum Gasteiger partial charge on any atom is -0.363 e. The average molecular weight is 367 g/mol. The Bertz CT molecular complexity index is 737. The van der Waals surface area contributed by atoms with Crippen LogP contribution in [0.3, 0.4) is 0 Å². The largest absolute Gasteiger partial charge is 0.363 e. The molecule has 21 heavy (non-hydrogen) atoms. The number of anilines is 2. The van der Waals surface area contributed by atoms with Gasteiger partial charge < -0.3 is 15.6 Å². The van der Waals surface area contributed by atoms with Crippen LogP contribution in [0.2, 0.25) is 0 Å². The summed E-state index contributed by atoms with van der Waals surface area (Å²) in [4.78, 5) is 17.4. The average Bonchev–Trinajstić information content (AvgIpc) is 3.11. The maximum atomic E-state index is 4.52. The molecule has 0 spiro atoms. The number of hydrogen-bond acceptors (Lipinski definition) is 6. The van der Waals surface area contributed by atoms with E-state index in [2.05, 4.69) is 59.5 Å². The second-order valence-corrected chi connectivity index (χ2v) is 7.03. The van der Waals surface area contributed by atoms with Crippen LogP contribution in [0, 0.1) is 0 Å². The van der Waals surface area contributed by atoms with Gasteiger partial charge in [0.2, 0.25) is 5.95 Å². The lowest BCUT2D eigenvalue weighted by Gasteiger charge is -2.08. The predicted octanol–water partition coefficient (Wildman–Crippen LogP) is 3.61. The van der Waals surface area contributed by atoms with Crippen molar-refractivity contribution in [2.75, 3.05) is 17.2 Å². The van der Waals surface area contributed by atoms with E-state index < -0.39 is 0 Å². The number of halogens is 1.